The van der Waals surface area contributed by atoms with Gasteiger partial charge in [-0.05, 0) is 46.6 Å². The lowest BCUT2D eigenvalue weighted by Gasteiger charge is -2.46. The predicted octanol–water partition coefficient (Wildman–Crippen LogP) is 5.85. The summed E-state index contributed by atoms with van der Waals surface area (Å²) in [4.78, 5) is 14.2. The summed E-state index contributed by atoms with van der Waals surface area (Å²) >= 11 is 7.17. The molecule has 168 valence electrons. The molecule has 33 heavy (non-hydrogen) atoms. The third kappa shape index (κ3) is 3.30. The zero-order chi connectivity index (χ0) is 23.4. The van der Waals surface area contributed by atoms with Gasteiger partial charge in [-0.2, -0.15) is 0 Å². The van der Waals surface area contributed by atoms with Crippen molar-refractivity contribution >= 4 is 58.7 Å². The molecule has 0 spiro atoms. The zero-order valence-corrected chi connectivity index (χ0v) is 21.7. The minimum Gasteiger partial charge on any atom is -0.333 e. The Morgan fingerprint density at radius 1 is 0.939 bits per heavy atom. The van der Waals surface area contributed by atoms with Gasteiger partial charge in [-0.3, -0.25) is 4.79 Å². The molecule has 0 aliphatic carbocycles. The van der Waals surface area contributed by atoms with Crippen molar-refractivity contribution in [1.82, 2.24) is 8.87 Å². The van der Waals surface area contributed by atoms with Crippen molar-refractivity contribution in [3.05, 3.63) is 100 Å². The van der Waals surface area contributed by atoms with Crippen LogP contribution in [-0.2, 0) is 22.1 Å². The number of carbonyl (C=O) groups is 1. The summed E-state index contributed by atoms with van der Waals surface area (Å²) in [7, 11) is -4.17. The average molecular weight is 588 g/mol. The first kappa shape index (κ1) is 22.4. The minimum atomic E-state index is -4.17. The Balaban J connectivity index is 1.84. The van der Waals surface area contributed by atoms with E-state index in [0.29, 0.717) is 10.2 Å². The van der Waals surface area contributed by atoms with E-state index in [2.05, 4.69) is 31.9 Å². The van der Waals surface area contributed by atoms with E-state index in [0.717, 1.165) is 26.3 Å². The number of fused-ring (bicyclic) bond motifs is 3. The molecule has 5 rings (SSSR count). The molecule has 5 nitrogen and oxygen atoms in total. The van der Waals surface area contributed by atoms with Crippen molar-refractivity contribution in [3.8, 4) is 0 Å². The molecule has 3 aromatic carbocycles. The van der Waals surface area contributed by atoms with Crippen molar-refractivity contribution in [1.29, 1.82) is 0 Å². The Labute approximate surface area is 209 Å². The van der Waals surface area contributed by atoms with Crippen molar-refractivity contribution in [2.24, 2.45) is 0 Å². The first-order valence-electron chi connectivity index (χ1n) is 10.4. The van der Waals surface area contributed by atoms with Gasteiger partial charge in [0.15, 0.2) is 0 Å². The molecule has 1 atom stereocenters. The molecule has 4 aromatic rings. The number of nitrogens with zero attached hydrogens (tertiary/aromatic N) is 2. The van der Waals surface area contributed by atoms with E-state index in [1.165, 1.54) is 0 Å². The van der Waals surface area contributed by atoms with Crippen LogP contribution in [0.4, 0.5) is 0 Å². The quantitative estimate of drug-likeness (QED) is 0.282. The normalized spacial score (nSPS) is 18.5. The number of amides is 1. The number of alkyl halides is 1. The maximum absolute atomic E-state index is 14.1. The summed E-state index contributed by atoms with van der Waals surface area (Å²) in [5.74, 6) is -0.562. The Kier molecular flexibility index (Phi) is 5.50. The third-order valence-electron chi connectivity index (χ3n) is 6.20. The highest BCUT2D eigenvalue weighted by Gasteiger charge is 2.53. The maximum atomic E-state index is 14.1. The summed E-state index contributed by atoms with van der Waals surface area (Å²) in [6.07, 6.45) is 0. The van der Waals surface area contributed by atoms with Gasteiger partial charge >= 0.3 is 0 Å². The molecule has 1 aliphatic rings. The van der Waals surface area contributed by atoms with Crippen LogP contribution >= 0.6 is 31.9 Å². The van der Waals surface area contributed by atoms with Crippen LogP contribution in [-0.4, -0.2) is 28.5 Å². The fourth-order valence-corrected chi connectivity index (χ4v) is 7.86. The number of para-hydroxylation sites is 1. The lowest BCUT2D eigenvalue weighted by Crippen LogP contribution is -2.59. The number of rotatable bonds is 4. The number of halogens is 2. The first-order valence-corrected chi connectivity index (χ1v) is 13.7. The van der Waals surface area contributed by atoms with Crippen LogP contribution in [0.3, 0.4) is 0 Å². The van der Waals surface area contributed by atoms with E-state index in [1.807, 2.05) is 66.1 Å². The highest BCUT2D eigenvalue weighted by molar-refractivity contribution is 9.10. The standard InChI is InChI=1S/C25H20Br2N2O3S/c1-17-11-13-19(14-12-17)33(31,32)29-24(30)23-22(27)20-9-5-6-10-21(20)28(23)16-25(29,15-26)18-7-3-2-4-8-18/h2-14H,15-16H2,1H3/t25-/m0/s1. The van der Waals surface area contributed by atoms with E-state index in [4.69, 9.17) is 0 Å². The zero-order valence-electron chi connectivity index (χ0n) is 17.7. The smallest absolute Gasteiger partial charge is 0.286 e. The van der Waals surface area contributed by atoms with Crippen LogP contribution in [0.25, 0.3) is 10.9 Å². The lowest BCUT2D eigenvalue weighted by atomic mass is 9.89. The van der Waals surface area contributed by atoms with Gasteiger partial charge in [0, 0.05) is 16.2 Å². The Morgan fingerprint density at radius 2 is 1.58 bits per heavy atom. The molecular weight excluding hydrogens is 568 g/mol. The molecule has 1 amide bonds. The van der Waals surface area contributed by atoms with Gasteiger partial charge in [0.05, 0.1) is 15.9 Å². The van der Waals surface area contributed by atoms with Crippen LogP contribution in [0.5, 0.6) is 0 Å². The van der Waals surface area contributed by atoms with Gasteiger partial charge in [0.1, 0.15) is 11.2 Å². The molecule has 0 N–H and O–H groups in total. The van der Waals surface area contributed by atoms with Gasteiger partial charge in [-0.15, -0.1) is 0 Å². The number of hydrogen-bond donors (Lipinski definition) is 0. The SMILES string of the molecule is Cc1ccc(S(=O)(=O)N2C(=O)c3c(Br)c4ccccc4n3C[C@@]2(CBr)c2ccccc2)cc1. The van der Waals surface area contributed by atoms with E-state index in [-0.39, 0.29) is 16.8 Å². The third-order valence-corrected chi connectivity index (χ3v) is 9.79. The largest absolute Gasteiger partial charge is 0.333 e. The van der Waals surface area contributed by atoms with Gasteiger partial charge < -0.3 is 4.57 Å². The highest BCUT2D eigenvalue weighted by Crippen LogP contribution is 2.45. The fraction of sp³-hybridized carbons (Fsp3) is 0.160. The number of aromatic nitrogens is 1. The molecule has 2 heterocycles. The minimum absolute atomic E-state index is 0.0865. The van der Waals surface area contributed by atoms with E-state index in [9.17, 15) is 13.2 Å². The van der Waals surface area contributed by atoms with Crippen LogP contribution in [0.1, 0.15) is 21.6 Å². The Morgan fingerprint density at radius 3 is 2.24 bits per heavy atom. The molecule has 0 saturated heterocycles. The van der Waals surface area contributed by atoms with Crippen LogP contribution in [0.15, 0.2) is 88.2 Å². The molecular formula is C25H20Br2N2O3S. The molecule has 0 fully saturated rings. The summed E-state index contributed by atoms with van der Waals surface area (Å²) in [5, 5.41) is 1.11. The summed E-state index contributed by atoms with van der Waals surface area (Å²) in [6, 6.07) is 23.6. The van der Waals surface area contributed by atoms with E-state index in [1.54, 1.807) is 24.3 Å². The number of aryl methyl sites for hydroxylation is 1. The molecule has 0 saturated carbocycles. The number of hydrogen-bond acceptors (Lipinski definition) is 3. The highest BCUT2D eigenvalue weighted by atomic mass is 79.9. The molecule has 0 radical (unpaired) electrons. The van der Waals surface area contributed by atoms with Crippen molar-refractivity contribution in [2.75, 3.05) is 5.33 Å². The van der Waals surface area contributed by atoms with E-state index >= 15 is 0 Å². The monoisotopic (exact) mass is 586 g/mol. The lowest BCUT2D eigenvalue weighted by molar-refractivity contribution is 0.0643. The number of benzene rings is 3. The van der Waals surface area contributed by atoms with Crippen LogP contribution < -0.4 is 0 Å². The van der Waals surface area contributed by atoms with E-state index < -0.39 is 21.5 Å². The molecule has 1 aromatic heterocycles. The summed E-state index contributed by atoms with van der Waals surface area (Å²) in [6.45, 7) is 2.17. The predicted molar refractivity (Wildman–Crippen MR) is 136 cm³/mol. The molecule has 0 bridgehead atoms. The van der Waals surface area contributed by atoms with Gasteiger partial charge in [0.2, 0.25) is 0 Å². The van der Waals surface area contributed by atoms with Crippen molar-refractivity contribution < 1.29 is 13.2 Å². The molecule has 8 heteroatoms. The van der Waals surface area contributed by atoms with Gasteiger partial charge in [0.25, 0.3) is 15.9 Å². The topological polar surface area (TPSA) is 59.4 Å². The maximum Gasteiger partial charge on any atom is 0.286 e. The number of carbonyl (C=O) groups excluding carboxylic acids is 1. The fourth-order valence-electron chi connectivity index (χ4n) is 4.54. The van der Waals surface area contributed by atoms with Crippen molar-refractivity contribution in [3.63, 3.8) is 0 Å². The first-order chi connectivity index (χ1) is 15.8. The summed E-state index contributed by atoms with van der Waals surface area (Å²) < 4.78 is 31.7. The Bertz CT molecular complexity index is 1480. The second kappa shape index (κ2) is 8.11. The Hall–Kier alpha value is -2.42. The van der Waals surface area contributed by atoms with Crippen LogP contribution in [0.2, 0.25) is 0 Å². The molecule has 1 aliphatic heterocycles. The summed E-state index contributed by atoms with van der Waals surface area (Å²) in [5.41, 5.74) is 1.74. The number of sulfonamides is 1. The average Bonchev–Trinajstić information content (AvgIpc) is 3.11. The second-order valence-electron chi connectivity index (χ2n) is 8.18. The second-order valence-corrected chi connectivity index (χ2v) is 11.3. The molecule has 0 unspecified atom stereocenters. The van der Waals surface area contributed by atoms with Crippen molar-refractivity contribution in [2.45, 2.75) is 23.9 Å². The van der Waals surface area contributed by atoms with Gasteiger partial charge in [-0.1, -0.05) is 82.2 Å². The van der Waals surface area contributed by atoms with Gasteiger partial charge in [-0.25, -0.2) is 12.7 Å². The van der Waals surface area contributed by atoms with Crippen LogP contribution in [0, 0.1) is 6.92 Å².